The van der Waals surface area contributed by atoms with Crippen LogP contribution in [0, 0.1) is 23.6 Å². The van der Waals surface area contributed by atoms with Gasteiger partial charge < -0.3 is 20.6 Å². The molecule has 0 saturated carbocycles. The smallest absolute Gasteiger partial charge is 0.152 e. The Kier molecular flexibility index (Phi) is 4.97. The third kappa shape index (κ3) is 3.74. The molecule has 0 amide bonds. The summed E-state index contributed by atoms with van der Waals surface area (Å²) in [6.07, 6.45) is 9.71. The van der Waals surface area contributed by atoms with Crippen molar-refractivity contribution in [2.45, 2.75) is 44.2 Å². The van der Waals surface area contributed by atoms with E-state index >= 15 is 0 Å². The summed E-state index contributed by atoms with van der Waals surface area (Å²) in [5, 5.41) is 9.26. The number of hydrogen-bond donors (Lipinski definition) is 4. The second-order valence-electron chi connectivity index (χ2n) is 9.84. The molecular formula is C28H27FN6. The molecule has 4 N–H and O–H groups in total. The van der Waals surface area contributed by atoms with Gasteiger partial charge in [-0.05, 0) is 68.6 Å². The molecule has 1 aliphatic carbocycles. The number of nitrogens with zero attached hydrogens (tertiary/aromatic N) is 2. The summed E-state index contributed by atoms with van der Waals surface area (Å²) in [4.78, 5) is 16.2. The van der Waals surface area contributed by atoms with Crippen LogP contribution in [0.2, 0.25) is 0 Å². The average Bonchev–Trinajstić information content (AvgIpc) is 3.67. The molecule has 3 unspecified atom stereocenters. The van der Waals surface area contributed by atoms with Crippen molar-refractivity contribution in [1.29, 1.82) is 0 Å². The maximum Gasteiger partial charge on any atom is 0.152 e. The van der Waals surface area contributed by atoms with Crippen molar-refractivity contribution in [2.75, 3.05) is 13.1 Å². The molecular weight excluding hydrogens is 439 g/mol. The summed E-state index contributed by atoms with van der Waals surface area (Å²) in [5.41, 5.74) is 3.88. The van der Waals surface area contributed by atoms with E-state index in [1.165, 1.54) is 17.7 Å². The summed E-state index contributed by atoms with van der Waals surface area (Å²) in [5.74, 6) is 8.13. The van der Waals surface area contributed by atoms with E-state index < -0.39 is 0 Å². The monoisotopic (exact) mass is 466 g/mol. The fraction of sp³-hybridized carbons (Fsp3) is 0.357. The lowest BCUT2D eigenvalue weighted by atomic mass is 9.97. The lowest BCUT2D eigenvalue weighted by Gasteiger charge is -2.07. The highest BCUT2D eigenvalue weighted by molar-refractivity contribution is 5.79. The van der Waals surface area contributed by atoms with Crippen molar-refractivity contribution >= 4 is 34.2 Å². The molecule has 0 bridgehead atoms. The van der Waals surface area contributed by atoms with Crippen LogP contribution in [0.5, 0.6) is 0 Å². The van der Waals surface area contributed by atoms with Crippen LogP contribution in [0.15, 0.2) is 24.3 Å². The zero-order valence-electron chi connectivity index (χ0n) is 19.4. The van der Waals surface area contributed by atoms with Gasteiger partial charge in [-0.25, -0.2) is 14.4 Å². The Balaban J connectivity index is 1.18. The number of benzene rings is 2. The number of H-pyrrole nitrogens is 2. The molecule has 2 aromatic carbocycles. The first-order valence-electron chi connectivity index (χ1n) is 12.6. The summed E-state index contributed by atoms with van der Waals surface area (Å²) in [6, 6.07) is 8.15. The van der Waals surface area contributed by atoms with E-state index in [4.69, 9.17) is 4.98 Å². The standard InChI is InChI=1S/C28H27FN6/c29-20-14-17(15-24-26(20)35-28(33-24)23-4-2-12-31-23)6-5-16-7-9-19-18(13-16)8-10-21-25(19)34-27(32-21)22-3-1-11-30-22/h8-10,13-16,22-23,30-31H,1-4,7,11-12H2,(H,32,34)(H,33,35). The van der Waals surface area contributed by atoms with E-state index in [9.17, 15) is 4.39 Å². The van der Waals surface area contributed by atoms with Gasteiger partial charge in [0.1, 0.15) is 17.2 Å². The van der Waals surface area contributed by atoms with E-state index in [2.05, 4.69) is 61.7 Å². The quantitative estimate of drug-likeness (QED) is 0.343. The summed E-state index contributed by atoms with van der Waals surface area (Å²) in [6.45, 7) is 2.03. The van der Waals surface area contributed by atoms with Gasteiger partial charge in [-0.2, -0.15) is 0 Å². The molecule has 7 heteroatoms. The molecule has 2 aliphatic heterocycles. The summed E-state index contributed by atoms with van der Waals surface area (Å²) < 4.78 is 14.8. The van der Waals surface area contributed by atoms with Crippen LogP contribution in [0.4, 0.5) is 4.39 Å². The van der Waals surface area contributed by atoms with Crippen LogP contribution in [0.1, 0.15) is 61.4 Å². The van der Waals surface area contributed by atoms with Gasteiger partial charge in [0, 0.05) is 16.7 Å². The van der Waals surface area contributed by atoms with Gasteiger partial charge in [0.25, 0.3) is 0 Å². The number of nitrogens with one attached hydrogen (secondary N) is 4. The lowest BCUT2D eigenvalue weighted by molar-refractivity contribution is 0.611. The average molecular weight is 467 g/mol. The first-order chi connectivity index (χ1) is 17.2. The van der Waals surface area contributed by atoms with Crippen molar-refractivity contribution < 1.29 is 4.39 Å². The first-order valence-corrected chi connectivity index (χ1v) is 12.6. The molecule has 2 aromatic heterocycles. The Labute approximate surface area is 202 Å². The van der Waals surface area contributed by atoms with Gasteiger partial charge in [-0.3, -0.25) is 0 Å². The predicted octanol–water partition coefficient (Wildman–Crippen LogP) is 3.06. The maximum atomic E-state index is 14.8. The van der Waals surface area contributed by atoms with E-state index in [1.54, 1.807) is 0 Å². The van der Waals surface area contributed by atoms with Crippen molar-refractivity contribution in [3.05, 3.63) is 57.7 Å². The lowest BCUT2D eigenvalue weighted by Crippen LogP contribution is -2.29. The Morgan fingerprint density at radius 1 is 0.886 bits per heavy atom. The fourth-order valence-corrected chi connectivity index (χ4v) is 5.63. The maximum absolute atomic E-state index is 14.8. The van der Waals surface area contributed by atoms with Crippen LogP contribution in [-0.4, -0.2) is 33.0 Å². The number of rotatable bonds is 2. The van der Waals surface area contributed by atoms with Crippen molar-refractivity contribution in [3.8, 4) is 11.8 Å². The molecule has 0 radical (unpaired) electrons. The zero-order valence-corrected chi connectivity index (χ0v) is 19.4. The first kappa shape index (κ1) is 20.9. The third-order valence-corrected chi connectivity index (χ3v) is 7.44. The van der Waals surface area contributed by atoms with Gasteiger partial charge in [-0.15, -0.1) is 0 Å². The molecule has 35 heavy (non-hydrogen) atoms. The highest BCUT2D eigenvalue weighted by Gasteiger charge is 2.21. The molecule has 0 spiro atoms. The van der Waals surface area contributed by atoms with Gasteiger partial charge >= 0.3 is 0 Å². The van der Waals surface area contributed by atoms with Crippen LogP contribution < -0.4 is 21.1 Å². The minimum absolute atomic E-state index is 0.0774. The highest BCUT2D eigenvalue weighted by atomic mass is 19.1. The van der Waals surface area contributed by atoms with Crippen molar-refractivity contribution in [3.63, 3.8) is 0 Å². The minimum atomic E-state index is -0.328. The Bertz CT molecular complexity index is 1620. The Morgan fingerprint density at radius 3 is 2.37 bits per heavy atom. The second kappa shape index (κ2) is 8.33. The number of aromatic amines is 2. The van der Waals surface area contributed by atoms with Gasteiger partial charge in [-0.1, -0.05) is 30.1 Å². The minimum Gasteiger partial charge on any atom is -0.341 e. The number of aromatic nitrogens is 4. The Morgan fingerprint density at radius 2 is 1.63 bits per heavy atom. The SMILES string of the molecule is Fc1cc(C#CC2C=c3ccc4[nH]c(C5CCCN5)nc4c3=CC2)cc2[nH]c(C3CCCN3)nc12. The Hall–Kier alpha value is -3.47. The fourth-order valence-electron chi connectivity index (χ4n) is 5.63. The van der Waals surface area contributed by atoms with E-state index in [1.807, 2.05) is 6.07 Å². The van der Waals surface area contributed by atoms with E-state index in [0.717, 1.165) is 66.7 Å². The number of fused-ring (bicyclic) bond motifs is 4. The molecule has 4 aromatic rings. The van der Waals surface area contributed by atoms with Crippen LogP contribution in [-0.2, 0) is 0 Å². The zero-order chi connectivity index (χ0) is 23.4. The second-order valence-corrected chi connectivity index (χ2v) is 9.84. The molecule has 4 heterocycles. The van der Waals surface area contributed by atoms with Crippen molar-refractivity contribution in [2.24, 2.45) is 5.92 Å². The number of imidazole rings is 2. The molecule has 176 valence electrons. The van der Waals surface area contributed by atoms with Crippen LogP contribution >= 0.6 is 0 Å². The van der Waals surface area contributed by atoms with Crippen molar-refractivity contribution in [1.82, 2.24) is 30.6 Å². The molecule has 2 fully saturated rings. The number of halogens is 1. The van der Waals surface area contributed by atoms with Gasteiger partial charge in [0.05, 0.1) is 28.6 Å². The molecule has 3 atom stereocenters. The molecule has 7 rings (SSSR count). The normalized spacial score (nSPS) is 23.6. The largest absolute Gasteiger partial charge is 0.341 e. The molecule has 6 nitrogen and oxygen atoms in total. The van der Waals surface area contributed by atoms with Gasteiger partial charge in [0.15, 0.2) is 5.82 Å². The van der Waals surface area contributed by atoms with E-state index in [-0.39, 0.29) is 17.8 Å². The number of hydrogen-bond acceptors (Lipinski definition) is 4. The third-order valence-electron chi connectivity index (χ3n) is 7.44. The van der Waals surface area contributed by atoms with Crippen LogP contribution in [0.25, 0.3) is 34.2 Å². The summed E-state index contributed by atoms with van der Waals surface area (Å²) >= 11 is 0. The predicted molar refractivity (Wildman–Crippen MR) is 135 cm³/mol. The highest BCUT2D eigenvalue weighted by Crippen LogP contribution is 2.25. The topological polar surface area (TPSA) is 81.4 Å². The van der Waals surface area contributed by atoms with Crippen LogP contribution in [0.3, 0.4) is 0 Å². The summed E-state index contributed by atoms with van der Waals surface area (Å²) in [7, 11) is 0. The molecule has 3 aliphatic rings. The van der Waals surface area contributed by atoms with Gasteiger partial charge in [0.2, 0.25) is 0 Å². The van der Waals surface area contributed by atoms with E-state index in [0.29, 0.717) is 22.6 Å². The molecule has 2 saturated heterocycles.